The van der Waals surface area contributed by atoms with E-state index in [1.54, 1.807) is 6.20 Å². The molecule has 3 aromatic rings. The molecule has 5 rings (SSSR count). The van der Waals surface area contributed by atoms with Crippen LogP contribution in [-0.2, 0) is 0 Å². The van der Waals surface area contributed by atoms with Gasteiger partial charge in [0.15, 0.2) is 5.58 Å². The normalized spacial score (nSPS) is 30.0. The van der Waals surface area contributed by atoms with Gasteiger partial charge in [-0.3, -0.25) is 4.90 Å². The van der Waals surface area contributed by atoms with E-state index in [1.807, 2.05) is 6.07 Å². The van der Waals surface area contributed by atoms with Gasteiger partial charge in [-0.25, -0.2) is 4.98 Å². The Bertz CT molecular complexity index is 931. The van der Waals surface area contributed by atoms with Crippen LogP contribution in [0.4, 0.5) is 5.69 Å². The molecule has 2 fully saturated rings. The van der Waals surface area contributed by atoms with Gasteiger partial charge < -0.3 is 9.32 Å². The number of fused-ring (bicyclic) bond motifs is 5. The largest absolute Gasteiger partial charge is 0.436 e. The molecular formula is C19H21N3O. The average molecular weight is 307 g/mol. The molecule has 0 amide bonds. The van der Waals surface area contributed by atoms with E-state index in [4.69, 9.17) is 4.42 Å². The van der Waals surface area contributed by atoms with E-state index in [0.29, 0.717) is 6.17 Å². The lowest BCUT2D eigenvalue weighted by Gasteiger charge is -2.42. The molecular weight excluding hydrogens is 286 g/mol. The molecule has 3 atom stereocenters. The minimum absolute atomic E-state index is 0.199. The second kappa shape index (κ2) is 4.26. The molecule has 2 bridgehead atoms. The first-order valence-electron chi connectivity index (χ1n) is 8.39. The first-order chi connectivity index (χ1) is 11.1. The number of rotatable bonds is 1. The second-order valence-corrected chi connectivity index (χ2v) is 7.29. The molecule has 2 saturated heterocycles. The van der Waals surface area contributed by atoms with E-state index in [2.05, 4.69) is 53.8 Å². The number of aromatic nitrogens is 1. The molecule has 2 aliphatic heterocycles. The van der Waals surface area contributed by atoms with Crippen molar-refractivity contribution in [3.63, 3.8) is 0 Å². The molecule has 3 unspecified atom stereocenters. The smallest absolute Gasteiger partial charge is 0.227 e. The van der Waals surface area contributed by atoms with Crippen molar-refractivity contribution < 1.29 is 4.42 Å². The summed E-state index contributed by atoms with van der Waals surface area (Å²) in [5.41, 5.74) is 4.44. The third kappa shape index (κ3) is 1.62. The predicted octanol–water partition coefficient (Wildman–Crippen LogP) is 3.92. The van der Waals surface area contributed by atoms with E-state index >= 15 is 0 Å². The molecule has 2 aliphatic rings. The Labute approximate surface area is 135 Å². The fourth-order valence-electron chi connectivity index (χ4n) is 4.62. The van der Waals surface area contributed by atoms with Crippen molar-refractivity contribution in [1.29, 1.82) is 0 Å². The quantitative estimate of drug-likeness (QED) is 0.682. The van der Waals surface area contributed by atoms with Crippen LogP contribution in [-0.4, -0.2) is 34.7 Å². The maximum Gasteiger partial charge on any atom is 0.227 e. The van der Waals surface area contributed by atoms with Gasteiger partial charge in [0, 0.05) is 30.1 Å². The summed E-state index contributed by atoms with van der Waals surface area (Å²) in [6.45, 7) is 9.22. The standard InChI is InChI=1S/C19H21N3O/c1-12-6-7-14-15-5-4-9-20-18(15)23-17(14)16(12)22-13(2)21-10-8-19(22,3)11-21/h4-7,9,13H,8,10-11H2,1-3H3. The zero-order valence-corrected chi connectivity index (χ0v) is 13.8. The first-order valence-corrected chi connectivity index (χ1v) is 8.39. The Morgan fingerprint density at radius 3 is 2.91 bits per heavy atom. The van der Waals surface area contributed by atoms with Crippen LogP contribution in [0.2, 0.25) is 0 Å². The van der Waals surface area contributed by atoms with Gasteiger partial charge in [0.25, 0.3) is 0 Å². The number of furan rings is 1. The molecule has 4 heterocycles. The zero-order valence-electron chi connectivity index (χ0n) is 13.8. The average Bonchev–Trinajstić information content (AvgIpc) is 3.17. The Morgan fingerprint density at radius 2 is 2.13 bits per heavy atom. The molecule has 23 heavy (non-hydrogen) atoms. The van der Waals surface area contributed by atoms with Crippen molar-refractivity contribution in [3.8, 4) is 0 Å². The van der Waals surface area contributed by atoms with Crippen molar-refractivity contribution in [1.82, 2.24) is 9.88 Å². The Kier molecular flexibility index (Phi) is 2.48. The van der Waals surface area contributed by atoms with Gasteiger partial charge in [-0.2, -0.15) is 0 Å². The van der Waals surface area contributed by atoms with E-state index < -0.39 is 0 Å². The van der Waals surface area contributed by atoms with Gasteiger partial charge in [-0.1, -0.05) is 12.1 Å². The number of aryl methyl sites for hydroxylation is 1. The molecule has 0 saturated carbocycles. The summed E-state index contributed by atoms with van der Waals surface area (Å²) in [6, 6.07) is 8.46. The lowest BCUT2D eigenvalue weighted by molar-refractivity contribution is 0.278. The van der Waals surface area contributed by atoms with Crippen LogP contribution in [0.3, 0.4) is 0 Å². The van der Waals surface area contributed by atoms with Crippen LogP contribution in [0, 0.1) is 6.92 Å². The highest BCUT2D eigenvalue weighted by molar-refractivity contribution is 6.08. The van der Waals surface area contributed by atoms with Crippen molar-refractivity contribution in [2.24, 2.45) is 0 Å². The lowest BCUT2D eigenvalue weighted by Crippen LogP contribution is -2.50. The van der Waals surface area contributed by atoms with Crippen LogP contribution in [0.5, 0.6) is 0 Å². The summed E-state index contributed by atoms with van der Waals surface area (Å²) < 4.78 is 6.21. The number of hydrogen-bond donors (Lipinski definition) is 0. The highest BCUT2D eigenvalue weighted by Gasteiger charge is 2.51. The third-order valence-corrected chi connectivity index (χ3v) is 5.80. The first kappa shape index (κ1) is 13.4. The van der Waals surface area contributed by atoms with Crippen molar-refractivity contribution in [3.05, 3.63) is 36.0 Å². The molecule has 2 aromatic heterocycles. The molecule has 0 aliphatic carbocycles. The second-order valence-electron chi connectivity index (χ2n) is 7.29. The Balaban J connectivity index is 1.83. The van der Waals surface area contributed by atoms with Crippen molar-refractivity contribution in [2.45, 2.75) is 38.9 Å². The highest BCUT2D eigenvalue weighted by atomic mass is 16.3. The van der Waals surface area contributed by atoms with Crippen LogP contribution >= 0.6 is 0 Å². The van der Waals surface area contributed by atoms with E-state index in [9.17, 15) is 0 Å². The molecule has 0 spiro atoms. The summed E-state index contributed by atoms with van der Waals surface area (Å²) in [4.78, 5) is 9.55. The van der Waals surface area contributed by atoms with E-state index in [0.717, 1.165) is 23.2 Å². The molecule has 0 N–H and O–H groups in total. The molecule has 4 nitrogen and oxygen atoms in total. The van der Waals surface area contributed by atoms with Crippen LogP contribution in [0.25, 0.3) is 22.1 Å². The monoisotopic (exact) mass is 307 g/mol. The topological polar surface area (TPSA) is 32.5 Å². The van der Waals surface area contributed by atoms with Crippen molar-refractivity contribution >= 4 is 27.8 Å². The highest BCUT2D eigenvalue weighted by Crippen LogP contribution is 2.47. The van der Waals surface area contributed by atoms with Gasteiger partial charge in [-0.05, 0) is 44.9 Å². The number of nitrogens with zero attached hydrogens (tertiary/aromatic N) is 3. The van der Waals surface area contributed by atoms with Gasteiger partial charge in [0.1, 0.15) is 0 Å². The van der Waals surface area contributed by atoms with Crippen molar-refractivity contribution in [2.75, 3.05) is 18.0 Å². The maximum absolute atomic E-state index is 6.21. The minimum atomic E-state index is 0.199. The molecule has 1 aromatic carbocycles. The van der Waals surface area contributed by atoms with E-state index in [1.165, 1.54) is 29.6 Å². The van der Waals surface area contributed by atoms with Crippen LogP contribution in [0.1, 0.15) is 25.8 Å². The summed E-state index contributed by atoms with van der Waals surface area (Å²) in [6.07, 6.45) is 3.43. The van der Waals surface area contributed by atoms with Gasteiger partial charge in [0.05, 0.1) is 17.4 Å². The number of hydrogen-bond acceptors (Lipinski definition) is 4. The fraction of sp³-hybridized carbons (Fsp3) is 0.421. The molecule has 118 valence electrons. The Morgan fingerprint density at radius 1 is 1.26 bits per heavy atom. The molecule has 0 radical (unpaired) electrons. The number of pyridine rings is 1. The summed E-state index contributed by atoms with van der Waals surface area (Å²) >= 11 is 0. The van der Waals surface area contributed by atoms with Gasteiger partial charge in [0.2, 0.25) is 5.71 Å². The Hall–Kier alpha value is -2.07. The summed E-state index contributed by atoms with van der Waals surface area (Å²) in [7, 11) is 0. The fourth-order valence-corrected chi connectivity index (χ4v) is 4.62. The molecule has 4 heteroatoms. The number of benzene rings is 1. The number of anilines is 1. The maximum atomic E-state index is 6.21. The third-order valence-electron chi connectivity index (χ3n) is 5.80. The van der Waals surface area contributed by atoms with E-state index in [-0.39, 0.29) is 5.54 Å². The van der Waals surface area contributed by atoms with Crippen LogP contribution < -0.4 is 4.90 Å². The summed E-state index contributed by atoms with van der Waals surface area (Å²) in [5, 5.41) is 2.27. The SMILES string of the molecule is Cc1ccc2c(oc3ncccc32)c1N1C(C)N2CCC1(C)C2. The summed E-state index contributed by atoms with van der Waals surface area (Å²) in [5.74, 6) is 0. The van der Waals surface area contributed by atoms with Gasteiger partial charge >= 0.3 is 0 Å². The van der Waals surface area contributed by atoms with Gasteiger partial charge in [-0.15, -0.1) is 0 Å². The van der Waals surface area contributed by atoms with Crippen LogP contribution in [0.15, 0.2) is 34.9 Å². The predicted molar refractivity (Wildman–Crippen MR) is 92.8 cm³/mol. The zero-order chi connectivity index (χ0) is 15.8. The minimum Gasteiger partial charge on any atom is -0.436 e. The lowest BCUT2D eigenvalue weighted by atomic mass is 9.96.